The van der Waals surface area contributed by atoms with Crippen LogP contribution in [0, 0.1) is 17.8 Å². The molecule has 1 aliphatic heterocycles. The predicted octanol–water partition coefficient (Wildman–Crippen LogP) is 1.15. The first-order valence-electron chi connectivity index (χ1n) is 6.33. The van der Waals surface area contributed by atoms with Crippen molar-refractivity contribution in [3.05, 3.63) is 0 Å². The fourth-order valence-electron chi connectivity index (χ4n) is 2.84. The Morgan fingerprint density at radius 1 is 1.35 bits per heavy atom. The fourth-order valence-corrected chi connectivity index (χ4v) is 2.84. The van der Waals surface area contributed by atoms with Crippen LogP contribution in [0.2, 0.25) is 0 Å². The Kier molecular flexibility index (Phi) is 3.54. The summed E-state index contributed by atoms with van der Waals surface area (Å²) in [5.74, 6) is -0.0417. The van der Waals surface area contributed by atoms with Gasteiger partial charge in [0.05, 0.1) is 5.92 Å². The van der Waals surface area contributed by atoms with Crippen molar-refractivity contribution in [1.29, 1.82) is 0 Å². The van der Waals surface area contributed by atoms with Crippen molar-refractivity contribution in [3.63, 3.8) is 0 Å². The van der Waals surface area contributed by atoms with E-state index in [1.807, 2.05) is 4.90 Å². The lowest BCUT2D eigenvalue weighted by atomic mass is 10.0. The summed E-state index contributed by atoms with van der Waals surface area (Å²) in [5, 5.41) is 11.4. The SMILES string of the molecule is CC(CNC(=O)N1CC2CCCC2C1)C(=O)O. The van der Waals surface area contributed by atoms with E-state index in [9.17, 15) is 9.59 Å². The molecule has 5 nitrogen and oxygen atoms in total. The lowest BCUT2D eigenvalue weighted by Crippen LogP contribution is -2.41. The summed E-state index contributed by atoms with van der Waals surface area (Å²) < 4.78 is 0. The standard InChI is InChI=1S/C12H20N2O3/c1-8(11(15)16)5-13-12(17)14-6-9-3-2-4-10(9)7-14/h8-10H,2-7H2,1H3,(H,13,17)(H,15,16). The number of urea groups is 1. The zero-order valence-electron chi connectivity index (χ0n) is 10.2. The highest BCUT2D eigenvalue weighted by Gasteiger charge is 2.37. The van der Waals surface area contributed by atoms with Gasteiger partial charge in [-0.2, -0.15) is 0 Å². The van der Waals surface area contributed by atoms with Gasteiger partial charge in [0.25, 0.3) is 0 Å². The second-order valence-corrected chi connectivity index (χ2v) is 5.28. The van der Waals surface area contributed by atoms with Crippen LogP contribution in [0.1, 0.15) is 26.2 Å². The third-order valence-electron chi connectivity index (χ3n) is 3.99. The third-order valence-corrected chi connectivity index (χ3v) is 3.99. The van der Waals surface area contributed by atoms with Crippen LogP contribution in [-0.2, 0) is 4.79 Å². The maximum atomic E-state index is 11.8. The summed E-state index contributed by atoms with van der Waals surface area (Å²) in [6, 6.07) is -0.104. The normalized spacial score (nSPS) is 28.9. The molecule has 1 saturated carbocycles. The van der Waals surface area contributed by atoms with E-state index in [-0.39, 0.29) is 12.6 Å². The Labute approximate surface area is 101 Å². The number of hydrogen-bond acceptors (Lipinski definition) is 2. The van der Waals surface area contributed by atoms with E-state index in [0.29, 0.717) is 11.8 Å². The maximum Gasteiger partial charge on any atom is 0.317 e. The van der Waals surface area contributed by atoms with E-state index in [4.69, 9.17) is 5.11 Å². The molecule has 0 radical (unpaired) electrons. The van der Waals surface area contributed by atoms with E-state index in [1.165, 1.54) is 19.3 Å². The molecule has 2 amide bonds. The van der Waals surface area contributed by atoms with E-state index in [1.54, 1.807) is 6.92 Å². The molecular weight excluding hydrogens is 220 g/mol. The van der Waals surface area contributed by atoms with Crippen LogP contribution < -0.4 is 5.32 Å². The lowest BCUT2D eigenvalue weighted by Gasteiger charge is -2.18. The van der Waals surface area contributed by atoms with Gasteiger partial charge in [-0.1, -0.05) is 13.3 Å². The molecular formula is C12H20N2O3. The number of carbonyl (C=O) groups is 2. The summed E-state index contributed by atoms with van der Waals surface area (Å²) in [6.07, 6.45) is 3.76. The first kappa shape index (κ1) is 12.2. The van der Waals surface area contributed by atoms with Gasteiger partial charge >= 0.3 is 12.0 Å². The van der Waals surface area contributed by atoms with Gasteiger partial charge in [-0.15, -0.1) is 0 Å². The monoisotopic (exact) mass is 240 g/mol. The summed E-state index contributed by atoms with van der Waals surface area (Å²) >= 11 is 0. The highest BCUT2D eigenvalue weighted by atomic mass is 16.4. The Morgan fingerprint density at radius 2 is 1.94 bits per heavy atom. The molecule has 2 aliphatic rings. The maximum absolute atomic E-state index is 11.8. The number of carboxylic acid groups (broad SMARTS) is 1. The van der Waals surface area contributed by atoms with E-state index < -0.39 is 11.9 Å². The zero-order valence-corrected chi connectivity index (χ0v) is 10.2. The van der Waals surface area contributed by atoms with E-state index in [2.05, 4.69) is 5.32 Å². The number of rotatable bonds is 3. The molecule has 0 bridgehead atoms. The van der Waals surface area contributed by atoms with Crippen molar-refractivity contribution in [2.45, 2.75) is 26.2 Å². The first-order valence-corrected chi connectivity index (χ1v) is 6.33. The predicted molar refractivity (Wildman–Crippen MR) is 62.6 cm³/mol. The van der Waals surface area contributed by atoms with Gasteiger partial charge < -0.3 is 15.3 Å². The first-order chi connectivity index (χ1) is 8.08. The van der Waals surface area contributed by atoms with Gasteiger partial charge in [-0.3, -0.25) is 4.79 Å². The Balaban J connectivity index is 1.76. The van der Waals surface area contributed by atoms with Gasteiger partial charge in [0.15, 0.2) is 0 Å². The quantitative estimate of drug-likeness (QED) is 0.777. The minimum absolute atomic E-state index is 0.104. The van der Waals surface area contributed by atoms with Crippen molar-refractivity contribution in [3.8, 4) is 0 Å². The number of amides is 2. The lowest BCUT2D eigenvalue weighted by molar-refractivity contribution is -0.140. The smallest absolute Gasteiger partial charge is 0.317 e. The molecule has 1 saturated heterocycles. The molecule has 3 atom stereocenters. The van der Waals surface area contributed by atoms with E-state index in [0.717, 1.165) is 13.1 Å². The summed E-state index contributed by atoms with van der Waals surface area (Å²) in [7, 11) is 0. The molecule has 3 unspecified atom stereocenters. The molecule has 0 aromatic heterocycles. The molecule has 2 rings (SSSR count). The average Bonchev–Trinajstić information content (AvgIpc) is 2.84. The third kappa shape index (κ3) is 2.70. The van der Waals surface area contributed by atoms with Crippen molar-refractivity contribution >= 4 is 12.0 Å². The van der Waals surface area contributed by atoms with Gasteiger partial charge in [0.1, 0.15) is 0 Å². The van der Waals surface area contributed by atoms with Crippen LogP contribution in [0.4, 0.5) is 4.79 Å². The van der Waals surface area contributed by atoms with Crippen LogP contribution >= 0.6 is 0 Å². The molecule has 96 valence electrons. The number of nitrogens with zero attached hydrogens (tertiary/aromatic N) is 1. The van der Waals surface area contributed by atoms with Crippen molar-refractivity contribution in [1.82, 2.24) is 10.2 Å². The number of likely N-dealkylation sites (tertiary alicyclic amines) is 1. The van der Waals surface area contributed by atoms with Crippen LogP contribution in [-0.4, -0.2) is 41.6 Å². The van der Waals surface area contributed by atoms with Crippen LogP contribution in [0.5, 0.6) is 0 Å². The Bertz CT molecular complexity index is 307. The number of aliphatic carboxylic acids is 1. The summed E-state index contributed by atoms with van der Waals surface area (Å²) in [6.45, 7) is 3.50. The molecule has 1 aliphatic carbocycles. The summed E-state index contributed by atoms with van der Waals surface area (Å²) in [4.78, 5) is 24.3. The molecule has 0 aromatic rings. The second kappa shape index (κ2) is 4.94. The molecule has 17 heavy (non-hydrogen) atoms. The minimum atomic E-state index is -0.872. The molecule has 0 spiro atoms. The Hall–Kier alpha value is -1.26. The number of hydrogen-bond donors (Lipinski definition) is 2. The van der Waals surface area contributed by atoms with Gasteiger partial charge in [0, 0.05) is 19.6 Å². The van der Waals surface area contributed by atoms with Crippen molar-refractivity contribution in [2.24, 2.45) is 17.8 Å². The Morgan fingerprint density at radius 3 is 2.47 bits per heavy atom. The number of fused-ring (bicyclic) bond motifs is 1. The molecule has 5 heteroatoms. The van der Waals surface area contributed by atoms with Gasteiger partial charge in [0.2, 0.25) is 0 Å². The van der Waals surface area contributed by atoms with Crippen molar-refractivity contribution < 1.29 is 14.7 Å². The zero-order chi connectivity index (χ0) is 12.4. The number of nitrogens with one attached hydrogen (secondary N) is 1. The molecule has 1 heterocycles. The van der Waals surface area contributed by atoms with Crippen LogP contribution in [0.15, 0.2) is 0 Å². The van der Waals surface area contributed by atoms with Crippen molar-refractivity contribution in [2.75, 3.05) is 19.6 Å². The largest absolute Gasteiger partial charge is 0.481 e. The molecule has 2 fully saturated rings. The molecule has 2 N–H and O–H groups in total. The van der Waals surface area contributed by atoms with Crippen LogP contribution in [0.25, 0.3) is 0 Å². The van der Waals surface area contributed by atoms with Gasteiger partial charge in [-0.25, -0.2) is 4.79 Å². The van der Waals surface area contributed by atoms with Crippen LogP contribution in [0.3, 0.4) is 0 Å². The van der Waals surface area contributed by atoms with Gasteiger partial charge in [-0.05, 0) is 24.7 Å². The minimum Gasteiger partial charge on any atom is -0.481 e. The van der Waals surface area contributed by atoms with E-state index >= 15 is 0 Å². The molecule has 0 aromatic carbocycles. The number of carbonyl (C=O) groups excluding carboxylic acids is 1. The average molecular weight is 240 g/mol. The topological polar surface area (TPSA) is 69.6 Å². The highest BCUT2D eigenvalue weighted by Crippen LogP contribution is 2.37. The summed E-state index contributed by atoms with van der Waals surface area (Å²) in [5.41, 5.74) is 0. The highest BCUT2D eigenvalue weighted by molar-refractivity contribution is 5.76. The number of carboxylic acids is 1. The second-order valence-electron chi connectivity index (χ2n) is 5.28. The fraction of sp³-hybridized carbons (Fsp3) is 0.833.